The molecule has 3 N–H and O–H groups in total. The number of alkyl halides is 2. The van der Waals surface area contributed by atoms with Gasteiger partial charge in [-0.05, 0) is 44.2 Å². The molecular formula is C27H33F2N7O4. The van der Waals surface area contributed by atoms with Crippen molar-refractivity contribution in [3.63, 3.8) is 0 Å². The lowest BCUT2D eigenvalue weighted by molar-refractivity contribution is -0.124. The number of fused-ring (bicyclic) bond motifs is 1. The zero-order valence-electron chi connectivity index (χ0n) is 22.0. The zero-order valence-corrected chi connectivity index (χ0v) is 22.0. The smallest absolute Gasteiger partial charge is 0.296 e. The average molecular weight is 558 g/mol. The molecule has 1 amide bonds. The average Bonchev–Trinajstić information content (AvgIpc) is 3.58. The van der Waals surface area contributed by atoms with Gasteiger partial charge >= 0.3 is 0 Å². The van der Waals surface area contributed by atoms with E-state index in [0.717, 1.165) is 12.8 Å². The van der Waals surface area contributed by atoms with Crippen LogP contribution in [0.3, 0.4) is 0 Å². The highest BCUT2D eigenvalue weighted by Crippen LogP contribution is 2.31. The lowest BCUT2D eigenvalue weighted by Crippen LogP contribution is -2.47. The number of hydrogen-bond acceptors (Lipinski definition) is 9. The van der Waals surface area contributed by atoms with E-state index in [0.29, 0.717) is 75.0 Å². The Bertz CT molecular complexity index is 1340. The van der Waals surface area contributed by atoms with Gasteiger partial charge in [0.15, 0.2) is 5.82 Å². The van der Waals surface area contributed by atoms with Gasteiger partial charge in [0, 0.05) is 31.7 Å². The second-order valence-electron chi connectivity index (χ2n) is 10.5. The van der Waals surface area contributed by atoms with E-state index in [2.05, 4.69) is 25.6 Å². The van der Waals surface area contributed by atoms with Crippen LogP contribution in [0.25, 0.3) is 16.9 Å². The fourth-order valence-electron chi connectivity index (χ4n) is 5.63. The zero-order chi connectivity index (χ0) is 27.6. The Balaban J connectivity index is 1.22. The summed E-state index contributed by atoms with van der Waals surface area (Å²) in [6.07, 6.45) is -0.130. The van der Waals surface area contributed by atoms with Crippen LogP contribution in [-0.2, 0) is 9.53 Å². The predicted molar refractivity (Wildman–Crippen MR) is 142 cm³/mol. The Morgan fingerprint density at radius 1 is 1.12 bits per heavy atom. The Kier molecular flexibility index (Phi) is 7.76. The fourth-order valence-corrected chi connectivity index (χ4v) is 5.63. The molecule has 0 bridgehead atoms. The molecule has 11 nitrogen and oxygen atoms in total. The highest BCUT2D eigenvalue weighted by Gasteiger charge is 2.31. The van der Waals surface area contributed by atoms with Gasteiger partial charge in [0.25, 0.3) is 6.43 Å². The van der Waals surface area contributed by atoms with Crippen LogP contribution in [0, 0.1) is 0 Å². The number of aliphatic hydroxyl groups is 1. The summed E-state index contributed by atoms with van der Waals surface area (Å²) in [6, 6.07) is 8.23. The van der Waals surface area contributed by atoms with Crippen molar-refractivity contribution in [2.45, 2.75) is 62.8 Å². The minimum Gasteiger partial charge on any atom is -0.474 e. The van der Waals surface area contributed by atoms with Crippen LogP contribution in [0.5, 0.6) is 5.88 Å². The van der Waals surface area contributed by atoms with E-state index in [1.165, 1.54) is 4.57 Å². The molecular weight excluding hydrogens is 524 g/mol. The maximum absolute atomic E-state index is 14.1. The molecule has 3 fully saturated rings. The van der Waals surface area contributed by atoms with Gasteiger partial charge in [-0.15, -0.1) is 0 Å². The summed E-state index contributed by atoms with van der Waals surface area (Å²) in [7, 11) is 0. The molecule has 1 aromatic carbocycles. The number of carbonyl (C=O) groups excluding carboxylic acids is 1. The molecule has 1 saturated carbocycles. The van der Waals surface area contributed by atoms with E-state index in [9.17, 15) is 18.7 Å². The van der Waals surface area contributed by atoms with E-state index in [4.69, 9.17) is 9.47 Å². The Morgan fingerprint density at radius 2 is 1.90 bits per heavy atom. The fraction of sp³-hybridized carbons (Fsp3) is 0.556. The van der Waals surface area contributed by atoms with Gasteiger partial charge in [-0.3, -0.25) is 9.36 Å². The van der Waals surface area contributed by atoms with Crippen molar-refractivity contribution in [1.29, 1.82) is 0 Å². The molecule has 0 radical (unpaired) electrons. The largest absolute Gasteiger partial charge is 0.474 e. The summed E-state index contributed by atoms with van der Waals surface area (Å²) in [5, 5.41) is 15.8. The van der Waals surface area contributed by atoms with Gasteiger partial charge in [-0.25, -0.2) is 13.8 Å². The maximum atomic E-state index is 14.1. The number of nitrogens with one attached hydrogen (secondary N) is 2. The molecule has 2 saturated heterocycles. The summed E-state index contributed by atoms with van der Waals surface area (Å²) >= 11 is 0. The van der Waals surface area contributed by atoms with Crippen molar-refractivity contribution in [1.82, 2.24) is 30.2 Å². The lowest BCUT2D eigenvalue weighted by atomic mass is 9.92. The molecule has 3 aromatic rings. The molecule has 1 aliphatic carbocycles. The number of morpholine rings is 1. The third-order valence-electron chi connectivity index (χ3n) is 7.71. The first-order valence-electron chi connectivity index (χ1n) is 13.8. The van der Waals surface area contributed by atoms with Crippen LogP contribution in [0.1, 0.15) is 44.4 Å². The van der Waals surface area contributed by atoms with Crippen molar-refractivity contribution < 1.29 is 28.2 Å². The number of aliphatic hydroxyl groups excluding tert-OH is 1. The molecule has 4 heterocycles. The molecule has 2 aromatic heterocycles. The topological polar surface area (TPSA) is 127 Å². The van der Waals surface area contributed by atoms with Crippen LogP contribution in [0.2, 0.25) is 0 Å². The summed E-state index contributed by atoms with van der Waals surface area (Å²) in [6.45, 7) is 2.62. The van der Waals surface area contributed by atoms with Crippen LogP contribution < -0.4 is 20.3 Å². The minimum absolute atomic E-state index is 0.0303. The second-order valence-corrected chi connectivity index (χ2v) is 10.5. The quantitative estimate of drug-likeness (QED) is 0.400. The molecule has 2 aliphatic heterocycles. The van der Waals surface area contributed by atoms with Crippen LogP contribution in [-0.4, -0.2) is 87.7 Å². The highest BCUT2D eigenvalue weighted by atomic mass is 19.3. The molecule has 40 heavy (non-hydrogen) atoms. The number of rotatable bonds is 7. The number of anilines is 1. The van der Waals surface area contributed by atoms with E-state index in [1.807, 2.05) is 4.90 Å². The first kappa shape index (κ1) is 26.8. The van der Waals surface area contributed by atoms with E-state index in [1.54, 1.807) is 30.3 Å². The SMILES string of the molecule is O=C(N[C@H]1CC[C@H](Oc2cc(-n3c(C(F)F)nc4ccccc43)nc(N3CCOCC3)n2)CC1)[C@@H]1C[C@H](O)CN1. The number of nitrogens with zero attached hydrogens (tertiary/aromatic N) is 5. The number of ether oxygens (including phenoxy) is 2. The molecule has 6 rings (SSSR count). The number of hydrogen-bond donors (Lipinski definition) is 3. The van der Waals surface area contributed by atoms with Gasteiger partial charge < -0.3 is 30.1 Å². The van der Waals surface area contributed by atoms with Crippen molar-refractivity contribution >= 4 is 22.9 Å². The number of aromatic nitrogens is 4. The van der Waals surface area contributed by atoms with Crippen molar-refractivity contribution in [3.8, 4) is 11.7 Å². The summed E-state index contributed by atoms with van der Waals surface area (Å²) in [5.41, 5.74) is 0.977. The number of carbonyl (C=O) groups is 1. The summed E-state index contributed by atoms with van der Waals surface area (Å²) in [4.78, 5) is 28.0. The highest BCUT2D eigenvalue weighted by molar-refractivity contribution is 5.82. The molecule has 2 atom stereocenters. The molecule has 0 unspecified atom stereocenters. The molecule has 13 heteroatoms. The molecule has 0 spiro atoms. The van der Waals surface area contributed by atoms with Crippen LogP contribution >= 0.6 is 0 Å². The predicted octanol–water partition coefficient (Wildman–Crippen LogP) is 2.12. The maximum Gasteiger partial charge on any atom is 0.296 e. The minimum atomic E-state index is -2.80. The lowest BCUT2D eigenvalue weighted by Gasteiger charge is -2.31. The summed E-state index contributed by atoms with van der Waals surface area (Å²) in [5.74, 6) is 0.489. The number of benzene rings is 1. The van der Waals surface area contributed by atoms with Gasteiger partial charge in [-0.1, -0.05) is 12.1 Å². The van der Waals surface area contributed by atoms with Gasteiger partial charge in [-0.2, -0.15) is 9.97 Å². The Hall–Kier alpha value is -3.42. The number of β-amino-alcohol motifs (C(OH)–C–C–N with tert-alkyl or cyclic N) is 1. The number of imidazole rings is 1. The second kappa shape index (κ2) is 11.6. The number of para-hydroxylation sites is 2. The van der Waals surface area contributed by atoms with E-state index in [-0.39, 0.29) is 35.7 Å². The molecule has 214 valence electrons. The monoisotopic (exact) mass is 557 g/mol. The van der Waals surface area contributed by atoms with Gasteiger partial charge in [0.1, 0.15) is 11.9 Å². The number of amides is 1. The van der Waals surface area contributed by atoms with Crippen molar-refractivity contribution in [3.05, 3.63) is 36.2 Å². The Labute approximate surface area is 229 Å². The third kappa shape index (κ3) is 5.72. The van der Waals surface area contributed by atoms with Crippen LogP contribution in [0.4, 0.5) is 14.7 Å². The summed E-state index contributed by atoms with van der Waals surface area (Å²) < 4.78 is 41.3. The normalized spacial score (nSPS) is 25.4. The Morgan fingerprint density at radius 3 is 2.62 bits per heavy atom. The third-order valence-corrected chi connectivity index (χ3v) is 7.71. The van der Waals surface area contributed by atoms with Crippen molar-refractivity contribution in [2.75, 3.05) is 37.7 Å². The van der Waals surface area contributed by atoms with E-state index < -0.39 is 12.5 Å². The first-order chi connectivity index (χ1) is 19.4. The van der Waals surface area contributed by atoms with Gasteiger partial charge in [0.05, 0.1) is 36.4 Å². The standard InChI is InChI=1S/C27H33F2N7O4/c28-24(29)25-32-19-3-1-2-4-21(19)36(25)22-14-23(34-27(33-22)35-9-11-39-12-10-35)40-18-7-5-16(6-8-18)31-26(38)20-13-17(37)15-30-20/h1-4,14,16-18,20,24,30,37H,5-13,15H2,(H,31,38)/t16-,17-,18-,20-/m0/s1. The molecule has 3 aliphatic rings. The van der Waals surface area contributed by atoms with Gasteiger partial charge in [0.2, 0.25) is 17.7 Å². The first-order valence-corrected chi connectivity index (χ1v) is 13.8. The number of halogens is 2. The van der Waals surface area contributed by atoms with Crippen LogP contribution in [0.15, 0.2) is 30.3 Å². The van der Waals surface area contributed by atoms with Crippen molar-refractivity contribution in [2.24, 2.45) is 0 Å². The van der Waals surface area contributed by atoms with E-state index >= 15 is 0 Å².